The first-order valence-corrected chi connectivity index (χ1v) is 11.3. The Bertz CT molecular complexity index is 1090. The number of fused-ring (bicyclic) bond motifs is 3. The van der Waals surface area contributed by atoms with Gasteiger partial charge < -0.3 is 18.9 Å². The molecule has 0 unspecified atom stereocenters. The molecule has 0 fully saturated rings. The maximum absolute atomic E-state index is 12.1. The number of esters is 1. The van der Waals surface area contributed by atoms with E-state index in [2.05, 4.69) is 21.6 Å². The molecule has 7 heteroatoms. The van der Waals surface area contributed by atoms with Gasteiger partial charge in [-0.3, -0.25) is 4.79 Å². The minimum absolute atomic E-state index is 0.143. The van der Waals surface area contributed by atoms with Crippen LogP contribution in [0.3, 0.4) is 0 Å². The van der Waals surface area contributed by atoms with E-state index >= 15 is 0 Å². The molecule has 0 aliphatic carbocycles. The second-order valence-electron chi connectivity index (χ2n) is 7.78. The highest BCUT2D eigenvalue weighted by molar-refractivity contribution is 7.99. The molecule has 0 amide bonds. The molecule has 1 aliphatic rings. The molecule has 0 radical (unpaired) electrons. The Morgan fingerprint density at radius 3 is 2.52 bits per heavy atom. The SMILES string of the molecule is COc1ccc([C@@H]2Sc3cc(Cl)ccc3-n3c(CN(C)C)ccc3[C@@H]2OC(C)=O)cc1. The Balaban J connectivity index is 1.92. The third-order valence-electron chi connectivity index (χ3n) is 5.19. The monoisotopic (exact) mass is 456 g/mol. The van der Waals surface area contributed by atoms with E-state index in [1.165, 1.54) is 6.92 Å². The minimum atomic E-state index is -0.460. The lowest BCUT2D eigenvalue weighted by atomic mass is 10.0. The number of carbonyl (C=O) groups is 1. The molecule has 162 valence electrons. The number of halogens is 1. The van der Waals surface area contributed by atoms with Crippen molar-refractivity contribution in [2.45, 2.75) is 29.7 Å². The van der Waals surface area contributed by atoms with Crippen molar-refractivity contribution in [3.63, 3.8) is 0 Å². The van der Waals surface area contributed by atoms with Crippen LogP contribution in [-0.4, -0.2) is 36.6 Å². The molecule has 1 aromatic heterocycles. The van der Waals surface area contributed by atoms with Crippen LogP contribution in [0.5, 0.6) is 5.75 Å². The first-order valence-electron chi connectivity index (χ1n) is 10.0. The van der Waals surface area contributed by atoms with Crippen molar-refractivity contribution in [1.82, 2.24) is 9.47 Å². The molecule has 4 rings (SSSR count). The predicted octanol–water partition coefficient (Wildman–Crippen LogP) is 5.65. The van der Waals surface area contributed by atoms with E-state index in [1.54, 1.807) is 18.9 Å². The number of ether oxygens (including phenoxy) is 2. The largest absolute Gasteiger partial charge is 0.497 e. The summed E-state index contributed by atoms with van der Waals surface area (Å²) in [6, 6.07) is 18.0. The van der Waals surface area contributed by atoms with E-state index in [1.807, 2.05) is 56.6 Å². The smallest absolute Gasteiger partial charge is 0.303 e. The van der Waals surface area contributed by atoms with Crippen molar-refractivity contribution in [3.05, 3.63) is 76.6 Å². The minimum Gasteiger partial charge on any atom is -0.497 e. The number of methoxy groups -OCH3 is 1. The lowest BCUT2D eigenvalue weighted by molar-refractivity contribution is -0.147. The van der Waals surface area contributed by atoms with Gasteiger partial charge in [0.15, 0.2) is 6.10 Å². The van der Waals surface area contributed by atoms with Gasteiger partial charge in [0.2, 0.25) is 0 Å². The number of nitrogens with zero attached hydrogens (tertiary/aromatic N) is 2. The van der Waals surface area contributed by atoms with Gasteiger partial charge in [0.1, 0.15) is 5.75 Å². The molecule has 2 aromatic carbocycles. The van der Waals surface area contributed by atoms with E-state index in [9.17, 15) is 4.79 Å². The molecule has 1 aliphatic heterocycles. The molecule has 5 nitrogen and oxygen atoms in total. The van der Waals surface area contributed by atoms with E-state index in [-0.39, 0.29) is 11.2 Å². The first-order chi connectivity index (χ1) is 14.9. The van der Waals surface area contributed by atoms with Crippen LogP contribution in [0.2, 0.25) is 5.02 Å². The summed E-state index contributed by atoms with van der Waals surface area (Å²) in [6.45, 7) is 2.21. The molecule has 0 bridgehead atoms. The number of benzene rings is 2. The number of hydrogen-bond acceptors (Lipinski definition) is 5. The van der Waals surface area contributed by atoms with Crippen molar-refractivity contribution in [2.75, 3.05) is 21.2 Å². The summed E-state index contributed by atoms with van der Waals surface area (Å²) in [5.74, 6) is 0.474. The van der Waals surface area contributed by atoms with Gasteiger partial charge in [-0.1, -0.05) is 23.7 Å². The van der Waals surface area contributed by atoms with Gasteiger partial charge in [-0.15, -0.1) is 11.8 Å². The topological polar surface area (TPSA) is 43.7 Å². The van der Waals surface area contributed by atoms with Crippen molar-refractivity contribution in [2.24, 2.45) is 0 Å². The van der Waals surface area contributed by atoms with Gasteiger partial charge in [-0.05, 0) is 62.1 Å². The maximum atomic E-state index is 12.1. The van der Waals surface area contributed by atoms with Crippen LogP contribution in [0, 0.1) is 0 Å². The number of hydrogen-bond donors (Lipinski definition) is 0. The Labute approximate surface area is 191 Å². The van der Waals surface area contributed by atoms with Gasteiger partial charge in [0, 0.05) is 29.1 Å². The third-order valence-corrected chi connectivity index (χ3v) is 6.78. The van der Waals surface area contributed by atoms with Crippen molar-refractivity contribution >= 4 is 29.3 Å². The molecular weight excluding hydrogens is 432 g/mol. The van der Waals surface area contributed by atoms with Gasteiger partial charge in [-0.2, -0.15) is 0 Å². The number of rotatable bonds is 5. The lowest BCUT2D eigenvalue weighted by Gasteiger charge is -2.25. The van der Waals surface area contributed by atoms with Gasteiger partial charge in [0.25, 0.3) is 0 Å². The second-order valence-corrected chi connectivity index (χ2v) is 9.40. The van der Waals surface area contributed by atoms with Crippen molar-refractivity contribution in [3.8, 4) is 11.4 Å². The summed E-state index contributed by atoms with van der Waals surface area (Å²) < 4.78 is 13.5. The molecular formula is C24H25ClN2O3S. The summed E-state index contributed by atoms with van der Waals surface area (Å²) in [5, 5.41) is 0.531. The van der Waals surface area contributed by atoms with E-state index in [0.717, 1.165) is 39.8 Å². The van der Waals surface area contributed by atoms with E-state index in [4.69, 9.17) is 21.1 Å². The molecule has 0 spiro atoms. The Morgan fingerprint density at radius 2 is 1.87 bits per heavy atom. The van der Waals surface area contributed by atoms with Crippen LogP contribution in [0.1, 0.15) is 35.2 Å². The normalized spacial score (nSPS) is 17.6. The standard InChI is InChI=1S/C24H25ClN2O3S/c1-15(28)30-23-21-12-8-18(14-26(2)3)27(21)20-11-7-17(25)13-22(20)31-24(23)16-5-9-19(29-4)10-6-16/h5-13,23-24H,14H2,1-4H3/t23-,24-/m0/s1. The Hall–Kier alpha value is -2.41. The molecule has 0 saturated carbocycles. The summed E-state index contributed by atoms with van der Waals surface area (Å²) in [7, 11) is 5.73. The van der Waals surface area contributed by atoms with Crippen LogP contribution >= 0.6 is 23.4 Å². The fourth-order valence-corrected chi connectivity index (χ4v) is 5.52. The first kappa shape index (κ1) is 21.8. The number of thioether (sulfide) groups is 1. The summed E-state index contributed by atoms with van der Waals surface area (Å²) in [4.78, 5) is 15.3. The molecule has 2 heterocycles. The van der Waals surface area contributed by atoms with E-state index in [0.29, 0.717) is 5.02 Å². The zero-order chi connectivity index (χ0) is 22.1. The fourth-order valence-electron chi connectivity index (χ4n) is 3.92. The van der Waals surface area contributed by atoms with Crippen LogP contribution in [0.4, 0.5) is 0 Å². The van der Waals surface area contributed by atoms with E-state index < -0.39 is 6.10 Å². The highest BCUT2D eigenvalue weighted by Crippen LogP contribution is 2.51. The average molecular weight is 457 g/mol. The quantitative estimate of drug-likeness (QED) is 0.464. The lowest BCUT2D eigenvalue weighted by Crippen LogP contribution is -2.19. The van der Waals surface area contributed by atoms with Crippen LogP contribution < -0.4 is 4.74 Å². The zero-order valence-corrected chi connectivity index (χ0v) is 19.5. The molecule has 0 N–H and O–H groups in total. The maximum Gasteiger partial charge on any atom is 0.303 e. The predicted molar refractivity (Wildman–Crippen MR) is 124 cm³/mol. The Morgan fingerprint density at radius 1 is 1.13 bits per heavy atom. The highest BCUT2D eigenvalue weighted by atomic mass is 35.5. The third kappa shape index (κ3) is 4.47. The molecule has 2 atom stereocenters. The van der Waals surface area contributed by atoms with Gasteiger partial charge in [-0.25, -0.2) is 0 Å². The summed E-state index contributed by atoms with van der Waals surface area (Å²) in [6.07, 6.45) is -0.460. The van der Waals surface area contributed by atoms with Crippen LogP contribution in [0.25, 0.3) is 5.69 Å². The number of carbonyl (C=O) groups excluding carboxylic acids is 1. The highest BCUT2D eigenvalue weighted by Gasteiger charge is 2.36. The summed E-state index contributed by atoms with van der Waals surface area (Å²) >= 11 is 8.04. The van der Waals surface area contributed by atoms with Crippen LogP contribution in [-0.2, 0) is 16.1 Å². The van der Waals surface area contributed by atoms with Gasteiger partial charge >= 0.3 is 5.97 Å². The average Bonchev–Trinajstić information content (AvgIpc) is 3.07. The fraction of sp³-hybridized carbons (Fsp3) is 0.292. The molecule has 0 saturated heterocycles. The summed E-state index contributed by atoms with van der Waals surface area (Å²) in [5.41, 5.74) is 4.16. The van der Waals surface area contributed by atoms with Crippen molar-refractivity contribution in [1.29, 1.82) is 0 Å². The second kappa shape index (κ2) is 8.99. The van der Waals surface area contributed by atoms with Gasteiger partial charge in [0.05, 0.1) is 23.7 Å². The zero-order valence-electron chi connectivity index (χ0n) is 18.0. The number of aromatic nitrogens is 1. The molecule has 31 heavy (non-hydrogen) atoms. The van der Waals surface area contributed by atoms with Crippen molar-refractivity contribution < 1.29 is 14.3 Å². The van der Waals surface area contributed by atoms with Crippen LogP contribution in [0.15, 0.2) is 59.5 Å². The molecule has 3 aromatic rings. The Kier molecular flexibility index (Phi) is 6.32.